The topological polar surface area (TPSA) is 24.5 Å². The van der Waals surface area contributed by atoms with Gasteiger partial charge in [-0.05, 0) is 52.1 Å². The zero-order valence-corrected chi connectivity index (χ0v) is 13.2. The van der Waals surface area contributed by atoms with E-state index in [1.807, 2.05) is 0 Å². The van der Waals surface area contributed by atoms with E-state index in [1.165, 1.54) is 70.8 Å². The molecule has 2 aliphatic heterocycles. The number of likely N-dealkylation sites (N-methyl/N-ethyl adjacent to an activating group) is 1. The molecule has 0 bridgehead atoms. The summed E-state index contributed by atoms with van der Waals surface area (Å²) in [5, 5.41) is 3.40. The van der Waals surface area contributed by atoms with Crippen LogP contribution >= 0.6 is 0 Å². The quantitative estimate of drug-likeness (QED) is 0.860. The summed E-state index contributed by atoms with van der Waals surface area (Å²) in [7, 11) is 2.10. The summed E-state index contributed by atoms with van der Waals surface area (Å²) in [5.41, 5.74) is 0.253. The molecule has 0 aromatic carbocycles. The van der Waals surface area contributed by atoms with Gasteiger partial charge in [0.05, 0.1) is 5.60 Å². The van der Waals surface area contributed by atoms with Gasteiger partial charge in [-0.25, -0.2) is 0 Å². The van der Waals surface area contributed by atoms with Crippen LogP contribution in [0.2, 0.25) is 0 Å². The van der Waals surface area contributed by atoms with Crippen LogP contribution in [0.5, 0.6) is 0 Å². The standard InChI is InChI=1S/C17H32N2O/c1-18-14-16-7-3-6-11-19(16)15-8-12-20-17(13-15)9-4-2-5-10-17/h15-16,18H,2-14H2,1H3. The third-order valence-electron chi connectivity index (χ3n) is 5.81. The smallest absolute Gasteiger partial charge is 0.0697 e. The molecule has 3 rings (SSSR count). The first-order chi connectivity index (χ1) is 9.83. The highest BCUT2D eigenvalue weighted by Crippen LogP contribution is 2.40. The minimum atomic E-state index is 0.253. The number of ether oxygens (including phenoxy) is 1. The Bertz CT molecular complexity index is 294. The molecule has 3 heteroatoms. The summed E-state index contributed by atoms with van der Waals surface area (Å²) < 4.78 is 6.28. The van der Waals surface area contributed by atoms with Crippen molar-refractivity contribution in [2.24, 2.45) is 0 Å². The first kappa shape index (κ1) is 14.8. The van der Waals surface area contributed by atoms with E-state index in [4.69, 9.17) is 4.74 Å². The molecule has 3 aliphatic rings. The van der Waals surface area contributed by atoms with Crippen LogP contribution in [0.3, 0.4) is 0 Å². The number of nitrogens with zero attached hydrogens (tertiary/aromatic N) is 1. The molecule has 1 N–H and O–H groups in total. The fourth-order valence-electron chi connectivity index (χ4n) is 4.79. The molecule has 2 unspecified atom stereocenters. The highest BCUT2D eigenvalue weighted by atomic mass is 16.5. The van der Waals surface area contributed by atoms with Gasteiger partial charge in [0.15, 0.2) is 0 Å². The van der Waals surface area contributed by atoms with Crippen molar-refractivity contribution in [2.75, 3.05) is 26.7 Å². The van der Waals surface area contributed by atoms with E-state index in [1.54, 1.807) is 0 Å². The number of likely N-dealkylation sites (tertiary alicyclic amines) is 1. The minimum Gasteiger partial charge on any atom is -0.375 e. The van der Waals surface area contributed by atoms with Gasteiger partial charge in [-0.3, -0.25) is 4.90 Å². The number of rotatable bonds is 3. The lowest BCUT2D eigenvalue weighted by Gasteiger charge is -2.49. The summed E-state index contributed by atoms with van der Waals surface area (Å²) in [6, 6.07) is 1.54. The van der Waals surface area contributed by atoms with Crippen molar-refractivity contribution >= 4 is 0 Å². The zero-order valence-electron chi connectivity index (χ0n) is 13.2. The lowest BCUT2D eigenvalue weighted by atomic mass is 9.77. The van der Waals surface area contributed by atoms with E-state index < -0.39 is 0 Å². The molecule has 0 aromatic rings. The van der Waals surface area contributed by atoms with Gasteiger partial charge >= 0.3 is 0 Å². The van der Waals surface area contributed by atoms with Crippen molar-refractivity contribution in [3.8, 4) is 0 Å². The second-order valence-corrected chi connectivity index (χ2v) is 7.18. The molecule has 3 nitrogen and oxygen atoms in total. The molecule has 1 saturated carbocycles. The predicted molar refractivity (Wildman–Crippen MR) is 83.1 cm³/mol. The third-order valence-corrected chi connectivity index (χ3v) is 5.81. The Labute approximate surface area is 124 Å². The van der Waals surface area contributed by atoms with Gasteiger partial charge in [0.25, 0.3) is 0 Å². The molecular weight excluding hydrogens is 248 g/mol. The molecule has 3 fully saturated rings. The van der Waals surface area contributed by atoms with Gasteiger partial charge in [0.1, 0.15) is 0 Å². The van der Waals surface area contributed by atoms with Crippen molar-refractivity contribution in [1.29, 1.82) is 0 Å². The van der Waals surface area contributed by atoms with E-state index in [2.05, 4.69) is 17.3 Å². The van der Waals surface area contributed by atoms with Crippen molar-refractivity contribution < 1.29 is 4.74 Å². The maximum Gasteiger partial charge on any atom is 0.0697 e. The SMILES string of the molecule is CNCC1CCCCN1C1CCOC2(CCCCC2)C1. The molecule has 0 radical (unpaired) electrons. The predicted octanol–water partition coefficient (Wildman–Crippen LogP) is 2.94. The second-order valence-electron chi connectivity index (χ2n) is 7.18. The monoisotopic (exact) mass is 280 g/mol. The van der Waals surface area contributed by atoms with Gasteiger partial charge in [0.2, 0.25) is 0 Å². The highest BCUT2D eigenvalue weighted by molar-refractivity contribution is 4.95. The number of hydrogen-bond donors (Lipinski definition) is 1. The Kier molecular flexibility index (Phi) is 5.00. The van der Waals surface area contributed by atoms with Crippen LogP contribution in [0.25, 0.3) is 0 Å². The molecule has 2 heterocycles. The molecule has 1 spiro atoms. The Morgan fingerprint density at radius 2 is 1.95 bits per heavy atom. The van der Waals surface area contributed by atoms with E-state index in [0.29, 0.717) is 0 Å². The first-order valence-corrected chi connectivity index (χ1v) is 8.87. The molecule has 20 heavy (non-hydrogen) atoms. The van der Waals surface area contributed by atoms with Crippen molar-refractivity contribution in [3.63, 3.8) is 0 Å². The van der Waals surface area contributed by atoms with Gasteiger partial charge in [-0.1, -0.05) is 25.7 Å². The van der Waals surface area contributed by atoms with E-state index in [-0.39, 0.29) is 5.60 Å². The van der Waals surface area contributed by atoms with Crippen LogP contribution in [0, 0.1) is 0 Å². The summed E-state index contributed by atoms with van der Waals surface area (Å²) in [6.07, 6.45) is 13.5. The van der Waals surface area contributed by atoms with Crippen LogP contribution < -0.4 is 5.32 Å². The Morgan fingerprint density at radius 3 is 2.75 bits per heavy atom. The Morgan fingerprint density at radius 1 is 1.10 bits per heavy atom. The number of piperidine rings is 1. The average molecular weight is 280 g/mol. The van der Waals surface area contributed by atoms with Crippen LogP contribution in [0.4, 0.5) is 0 Å². The van der Waals surface area contributed by atoms with Crippen LogP contribution in [0.15, 0.2) is 0 Å². The van der Waals surface area contributed by atoms with Crippen LogP contribution in [-0.4, -0.2) is 49.3 Å². The fraction of sp³-hybridized carbons (Fsp3) is 1.00. The summed E-state index contributed by atoms with van der Waals surface area (Å²) in [5.74, 6) is 0. The average Bonchev–Trinajstić information content (AvgIpc) is 2.49. The normalized spacial score (nSPS) is 35.2. The molecule has 116 valence electrons. The summed E-state index contributed by atoms with van der Waals surface area (Å²) in [6.45, 7) is 3.46. The second kappa shape index (κ2) is 6.76. The van der Waals surface area contributed by atoms with Crippen molar-refractivity contribution in [3.05, 3.63) is 0 Å². The molecular formula is C17H32N2O. The Hall–Kier alpha value is -0.120. The molecule has 1 aliphatic carbocycles. The van der Waals surface area contributed by atoms with E-state index in [0.717, 1.165) is 25.2 Å². The zero-order chi connectivity index (χ0) is 13.8. The van der Waals surface area contributed by atoms with E-state index in [9.17, 15) is 0 Å². The van der Waals surface area contributed by atoms with Crippen LogP contribution in [0.1, 0.15) is 64.2 Å². The van der Waals surface area contributed by atoms with Gasteiger partial charge in [-0.15, -0.1) is 0 Å². The fourth-order valence-corrected chi connectivity index (χ4v) is 4.79. The number of hydrogen-bond acceptors (Lipinski definition) is 3. The third kappa shape index (κ3) is 3.20. The van der Waals surface area contributed by atoms with E-state index >= 15 is 0 Å². The lowest BCUT2D eigenvalue weighted by Crippen LogP contribution is -2.55. The van der Waals surface area contributed by atoms with Crippen LogP contribution in [-0.2, 0) is 4.74 Å². The lowest BCUT2D eigenvalue weighted by molar-refractivity contribution is -0.130. The van der Waals surface area contributed by atoms with Gasteiger partial charge < -0.3 is 10.1 Å². The molecule has 2 saturated heterocycles. The molecule has 2 atom stereocenters. The Balaban J connectivity index is 1.65. The van der Waals surface area contributed by atoms with Crippen molar-refractivity contribution in [2.45, 2.75) is 81.9 Å². The minimum absolute atomic E-state index is 0.253. The summed E-state index contributed by atoms with van der Waals surface area (Å²) >= 11 is 0. The highest BCUT2D eigenvalue weighted by Gasteiger charge is 2.41. The van der Waals surface area contributed by atoms with Gasteiger partial charge in [-0.2, -0.15) is 0 Å². The van der Waals surface area contributed by atoms with Crippen molar-refractivity contribution in [1.82, 2.24) is 10.2 Å². The molecule has 0 amide bonds. The molecule has 0 aromatic heterocycles. The maximum atomic E-state index is 6.28. The van der Waals surface area contributed by atoms with Gasteiger partial charge in [0, 0.05) is 25.2 Å². The first-order valence-electron chi connectivity index (χ1n) is 8.87. The summed E-state index contributed by atoms with van der Waals surface area (Å²) in [4.78, 5) is 2.83. The number of nitrogens with one attached hydrogen (secondary N) is 1. The largest absolute Gasteiger partial charge is 0.375 e. The maximum absolute atomic E-state index is 6.28.